The van der Waals surface area contributed by atoms with E-state index in [1.54, 1.807) is 11.6 Å². The van der Waals surface area contributed by atoms with E-state index in [1.165, 1.54) is 0 Å². The second-order valence-electron chi connectivity index (χ2n) is 8.92. The van der Waals surface area contributed by atoms with Crippen molar-refractivity contribution in [1.29, 1.82) is 0 Å². The lowest BCUT2D eigenvalue weighted by atomic mass is 9.74. The fourth-order valence-corrected chi connectivity index (χ4v) is 4.91. The molecule has 156 valence electrons. The van der Waals surface area contributed by atoms with Crippen LogP contribution in [-0.2, 0) is 11.8 Å². The first-order valence-electron chi connectivity index (χ1n) is 9.79. The Morgan fingerprint density at radius 1 is 1.32 bits per heavy atom. The first-order valence-corrected chi connectivity index (χ1v) is 10.9. The minimum absolute atomic E-state index is 0.0843. The van der Waals surface area contributed by atoms with Crippen molar-refractivity contribution in [1.82, 2.24) is 14.9 Å². The van der Waals surface area contributed by atoms with Gasteiger partial charge in [-0.3, -0.25) is 9.36 Å². The molecule has 0 aromatic carbocycles. The normalized spacial score (nSPS) is 21.8. The Morgan fingerprint density at radius 3 is 2.57 bits per heavy atom. The van der Waals surface area contributed by atoms with E-state index in [-0.39, 0.29) is 28.9 Å². The van der Waals surface area contributed by atoms with E-state index in [9.17, 15) is 9.59 Å². The van der Waals surface area contributed by atoms with Gasteiger partial charge < -0.3 is 20.7 Å². The lowest BCUT2D eigenvalue weighted by molar-refractivity contribution is 0.0442. The molecule has 1 saturated carbocycles. The Balaban J connectivity index is 1.70. The number of ether oxygens (including phenoxy) is 1. The highest BCUT2D eigenvalue weighted by Crippen LogP contribution is 2.47. The van der Waals surface area contributed by atoms with Crippen molar-refractivity contribution < 1.29 is 9.53 Å². The van der Waals surface area contributed by atoms with Crippen molar-refractivity contribution in [2.75, 3.05) is 23.7 Å². The number of amides is 1. The monoisotopic (exact) mass is 503 g/mol. The summed E-state index contributed by atoms with van der Waals surface area (Å²) in [6.45, 7) is 7.19. The molecule has 8 nitrogen and oxygen atoms in total. The number of nitrogen functional groups attached to an aromatic ring is 1. The van der Waals surface area contributed by atoms with Crippen LogP contribution >= 0.6 is 22.6 Å². The number of nitrogens with two attached hydrogens (primary N) is 1. The highest BCUT2D eigenvalue weighted by Gasteiger charge is 2.46. The van der Waals surface area contributed by atoms with Crippen molar-refractivity contribution >= 4 is 40.5 Å². The van der Waals surface area contributed by atoms with E-state index in [0.29, 0.717) is 9.52 Å². The van der Waals surface area contributed by atoms with Crippen LogP contribution < -0.4 is 21.5 Å². The molecule has 1 atom stereocenters. The predicted octanol–water partition coefficient (Wildman–Crippen LogP) is 2.63. The van der Waals surface area contributed by atoms with E-state index >= 15 is 0 Å². The van der Waals surface area contributed by atoms with Crippen LogP contribution in [0.2, 0.25) is 0 Å². The molecule has 0 bridgehead atoms. The van der Waals surface area contributed by atoms with Gasteiger partial charge in [-0.2, -0.15) is 4.98 Å². The van der Waals surface area contributed by atoms with Crippen molar-refractivity contribution in [3.63, 3.8) is 0 Å². The Hall–Kier alpha value is -1.52. The molecule has 2 heterocycles. The molecule has 2 fully saturated rings. The third-order valence-electron chi connectivity index (χ3n) is 5.88. The average molecular weight is 503 g/mol. The number of nitrogens with one attached hydrogen (secondary N) is 1. The Morgan fingerprint density at radius 2 is 1.96 bits per heavy atom. The number of nitrogens with zero attached hydrogens (tertiary/aromatic N) is 3. The van der Waals surface area contributed by atoms with Gasteiger partial charge in [0.2, 0.25) is 5.95 Å². The number of rotatable bonds is 2. The Bertz CT molecular complexity index is 809. The van der Waals surface area contributed by atoms with Crippen molar-refractivity contribution in [2.45, 2.75) is 64.5 Å². The van der Waals surface area contributed by atoms with E-state index in [0.717, 1.165) is 45.2 Å². The van der Waals surface area contributed by atoms with Crippen LogP contribution in [0.25, 0.3) is 0 Å². The predicted molar refractivity (Wildman–Crippen MR) is 117 cm³/mol. The van der Waals surface area contributed by atoms with Gasteiger partial charge in [0, 0.05) is 26.2 Å². The van der Waals surface area contributed by atoms with E-state index in [4.69, 9.17) is 10.5 Å². The standard InChI is InChI=1S/C19H30IN5O3/c1-18(2,3)28-17(27)22-12-6-5-7-19(12)8-10-25(11-9-19)16-23-14(21)13(20)15(26)24(16)4/h12H,5-11,21H2,1-4H3,(H,22,27)/t12-/m1/s1. The molecule has 1 amide bonds. The number of carbonyl (C=O) groups excluding carboxylic acids is 1. The Labute approximate surface area is 179 Å². The van der Waals surface area contributed by atoms with Gasteiger partial charge in [-0.1, -0.05) is 6.42 Å². The van der Waals surface area contributed by atoms with Crippen LogP contribution in [0.3, 0.4) is 0 Å². The maximum absolute atomic E-state index is 12.3. The zero-order valence-electron chi connectivity index (χ0n) is 17.0. The van der Waals surface area contributed by atoms with E-state index in [2.05, 4.69) is 15.2 Å². The number of carbonyl (C=O) groups is 1. The molecule has 1 aromatic heterocycles. The summed E-state index contributed by atoms with van der Waals surface area (Å²) >= 11 is 1.94. The third-order valence-corrected chi connectivity index (χ3v) is 6.89. The minimum atomic E-state index is -0.500. The number of aromatic nitrogens is 2. The zero-order chi connectivity index (χ0) is 20.7. The minimum Gasteiger partial charge on any atom is -0.444 e. The largest absolute Gasteiger partial charge is 0.444 e. The summed E-state index contributed by atoms with van der Waals surface area (Å²) in [7, 11) is 1.74. The summed E-state index contributed by atoms with van der Waals surface area (Å²) in [4.78, 5) is 31.2. The van der Waals surface area contributed by atoms with Crippen molar-refractivity contribution in [3.8, 4) is 0 Å². The maximum Gasteiger partial charge on any atom is 0.407 e. The molecule has 9 heteroatoms. The summed E-state index contributed by atoms with van der Waals surface area (Å²) in [6.07, 6.45) is 4.73. The first-order chi connectivity index (χ1) is 13.0. The van der Waals surface area contributed by atoms with E-state index < -0.39 is 5.60 Å². The molecule has 1 spiro atoms. The van der Waals surface area contributed by atoms with Crippen LogP contribution in [0.5, 0.6) is 0 Å². The van der Waals surface area contributed by atoms with Crippen LogP contribution in [0, 0.1) is 8.99 Å². The molecule has 28 heavy (non-hydrogen) atoms. The lowest BCUT2D eigenvalue weighted by Crippen LogP contribution is -2.51. The number of hydrogen-bond donors (Lipinski definition) is 2. The molecular formula is C19H30IN5O3. The van der Waals surface area contributed by atoms with Gasteiger partial charge in [0.05, 0.1) is 0 Å². The summed E-state index contributed by atoms with van der Waals surface area (Å²) < 4.78 is 7.48. The lowest BCUT2D eigenvalue weighted by Gasteiger charge is -2.43. The average Bonchev–Trinajstić information content (AvgIpc) is 2.97. The molecule has 3 rings (SSSR count). The maximum atomic E-state index is 12.3. The molecule has 1 aliphatic carbocycles. The summed E-state index contributed by atoms with van der Waals surface area (Å²) in [5, 5.41) is 3.12. The van der Waals surface area contributed by atoms with E-state index in [1.807, 2.05) is 43.4 Å². The second kappa shape index (κ2) is 7.72. The second-order valence-corrected chi connectivity index (χ2v) is 9.99. The smallest absolute Gasteiger partial charge is 0.407 e. The molecule has 1 aromatic rings. The van der Waals surface area contributed by atoms with Gasteiger partial charge in [-0.25, -0.2) is 4.79 Å². The highest BCUT2D eigenvalue weighted by molar-refractivity contribution is 14.1. The fourth-order valence-electron chi connectivity index (χ4n) is 4.43. The van der Waals surface area contributed by atoms with Crippen molar-refractivity contribution in [2.24, 2.45) is 12.5 Å². The van der Waals surface area contributed by atoms with Gasteiger partial charge in [-0.05, 0) is 74.5 Å². The SMILES string of the molecule is Cn1c(N2CCC3(CCC[C@H]3NC(=O)OC(C)(C)C)CC2)nc(N)c(I)c1=O. The third kappa shape index (κ3) is 4.23. The van der Waals surface area contributed by atoms with Crippen LogP contribution in [0.15, 0.2) is 4.79 Å². The molecular weight excluding hydrogens is 473 g/mol. The number of alkyl carbamates (subject to hydrolysis) is 1. The summed E-state index contributed by atoms with van der Waals surface area (Å²) in [5.74, 6) is 0.900. The quantitative estimate of drug-likeness (QED) is 0.602. The number of halogens is 1. The molecule has 3 N–H and O–H groups in total. The number of hydrogen-bond acceptors (Lipinski definition) is 6. The van der Waals surface area contributed by atoms with Crippen molar-refractivity contribution in [3.05, 3.63) is 13.9 Å². The number of piperidine rings is 1. The number of anilines is 2. The summed E-state index contributed by atoms with van der Waals surface area (Å²) in [5.41, 5.74) is 5.39. The summed E-state index contributed by atoms with van der Waals surface area (Å²) in [6, 6.07) is 0.128. The first kappa shape index (κ1) is 21.2. The van der Waals surface area contributed by atoms with Crippen LogP contribution in [0.4, 0.5) is 16.6 Å². The van der Waals surface area contributed by atoms with Gasteiger partial charge >= 0.3 is 6.09 Å². The van der Waals surface area contributed by atoms with Crippen LogP contribution in [-0.4, -0.2) is 40.4 Å². The fraction of sp³-hybridized carbons (Fsp3) is 0.737. The Kier molecular flexibility index (Phi) is 5.84. The van der Waals surface area contributed by atoms with Crippen LogP contribution in [0.1, 0.15) is 52.9 Å². The molecule has 2 aliphatic rings. The zero-order valence-corrected chi connectivity index (χ0v) is 19.2. The molecule has 1 aliphatic heterocycles. The van der Waals surface area contributed by atoms with Gasteiger partial charge in [0.25, 0.3) is 5.56 Å². The van der Waals surface area contributed by atoms with Gasteiger partial charge in [0.15, 0.2) is 0 Å². The molecule has 1 saturated heterocycles. The topological polar surface area (TPSA) is 102 Å². The molecule has 0 unspecified atom stereocenters. The van der Waals surface area contributed by atoms with Gasteiger partial charge in [0.1, 0.15) is 15.0 Å². The molecule has 0 radical (unpaired) electrons. The van der Waals surface area contributed by atoms with Gasteiger partial charge in [-0.15, -0.1) is 0 Å². The highest BCUT2D eigenvalue weighted by atomic mass is 127.